The Morgan fingerprint density at radius 2 is 1.72 bits per heavy atom. The number of para-hydroxylation sites is 1. The topological polar surface area (TPSA) is 73.4 Å². The summed E-state index contributed by atoms with van der Waals surface area (Å²) in [7, 11) is 1.67. The Morgan fingerprint density at radius 1 is 0.949 bits per heavy atom. The summed E-state index contributed by atoms with van der Waals surface area (Å²) in [4.78, 5) is 48.9. The quantitative estimate of drug-likeness (QED) is 0.517. The van der Waals surface area contributed by atoms with Crippen LogP contribution in [0.2, 0.25) is 0 Å². The molecule has 0 aliphatic carbocycles. The third kappa shape index (κ3) is 4.74. The molecule has 2 fully saturated rings. The molecule has 0 bridgehead atoms. The third-order valence-electron chi connectivity index (χ3n) is 9.05. The lowest BCUT2D eigenvalue weighted by atomic mass is 9.83. The van der Waals surface area contributed by atoms with Crippen LogP contribution in [-0.4, -0.2) is 84.9 Å². The molecule has 8 nitrogen and oxygen atoms in total. The van der Waals surface area contributed by atoms with Gasteiger partial charge in [-0.05, 0) is 62.9 Å². The van der Waals surface area contributed by atoms with Gasteiger partial charge in [0.25, 0.3) is 11.8 Å². The fourth-order valence-corrected chi connectivity index (χ4v) is 7.17. The largest absolute Gasteiger partial charge is 0.383 e. The smallest absolute Gasteiger partial charge is 0.260 e. The fraction of sp³-hybridized carbons (Fsp3) is 0.516. The minimum atomic E-state index is -0.537. The number of hydrogen-bond donors (Lipinski definition) is 0. The first kappa shape index (κ1) is 26.0. The van der Waals surface area contributed by atoms with E-state index < -0.39 is 6.17 Å². The molecule has 3 amide bonds. The average molecular weight is 531 g/mol. The van der Waals surface area contributed by atoms with E-state index in [4.69, 9.17) is 4.74 Å². The van der Waals surface area contributed by atoms with Crippen molar-refractivity contribution in [1.29, 1.82) is 0 Å². The number of methoxy groups -OCH3 is 1. The monoisotopic (exact) mass is 530 g/mol. The Balaban J connectivity index is 1.22. The second-order valence-corrected chi connectivity index (χ2v) is 11.2. The highest BCUT2D eigenvalue weighted by Gasteiger charge is 2.47. The molecule has 3 atom stereocenters. The van der Waals surface area contributed by atoms with Crippen molar-refractivity contribution >= 4 is 23.4 Å². The van der Waals surface area contributed by atoms with Crippen molar-refractivity contribution in [3.8, 4) is 0 Å². The van der Waals surface area contributed by atoms with Gasteiger partial charge >= 0.3 is 0 Å². The number of piperidine rings is 2. The molecule has 2 saturated heterocycles. The summed E-state index contributed by atoms with van der Waals surface area (Å²) < 4.78 is 5.36. The van der Waals surface area contributed by atoms with Gasteiger partial charge < -0.3 is 19.4 Å². The van der Waals surface area contributed by atoms with Crippen molar-refractivity contribution in [3.63, 3.8) is 0 Å². The number of ether oxygens (including phenoxy) is 1. The van der Waals surface area contributed by atoms with Crippen LogP contribution in [0, 0.1) is 5.92 Å². The molecule has 39 heavy (non-hydrogen) atoms. The number of benzene rings is 2. The van der Waals surface area contributed by atoms with Gasteiger partial charge in [0.15, 0.2) is 0 Å². The van der Waals surface area contributed by atoms with E-state index in [-0.39, 0.29) is 30.7 Å². The molecule has 4 aliphatic rings. The molecule has 0 spiro atoms. The van der Waals surface area contributed by atoms with Crippen molar-refractivity contribution in [3.05, 3.63) is 65.2 Å². The molecular formula is C31H38N4O4. The number of nitrogens with zero attached hydrogens (tertiary/aromatic N) is 4. The summed E-state index contributed by atoms with van der Waals surface area (Å²) in [6, 6.07) is 15.3. The number of amides is 3. The second-order valence-electron chi connectivity index (χ2n) is 11.2. The maximum Gasteiger partial charge on any atom is 0.260 e. The highest BCUT2D eigenvalue weighted by molar-refractivity contribution is 6.16. The first-order chi connectivity index (χ1) is 19.1. The summed E-state index contributed by atoms with van der Waals surface area (Å²) in [5, 5.41) is 0. The van der Waals surface area contributed by atoms with Gasteiger partial charge in [-0.15, -0.1) is 0 Å². The van der Waals surface area contributed by atoms with Crippen molar-refractivity contribution < 1.29 is 19.1 Å². The van der Waals surface area contributed by atoms with Crippen LogP contribution >= 0.6 is 0 Å². The van der Waals surface area contributed by atoms with Gasteiger partial charge in [0.05, 0.1) is 17.9 Å². The van der Waals surface area contributed by atoms with E-state index in [9.17, 15) is 14.4 Å². The SMILES string of the molecule is COCCN(C[C@@H]1CCCN2CCCC[C@H]12)C(=O)CCN1C(=O)c2ccccc2N2C(=O)c3ccccc3[C@@H]12. The predicted octanol–water partition coefficient (Wildman–Crippen LogP) is 3.93. The molecule has 4 aliphatic heterocycles. The zero-order chi connectivity index (χ0) is 26.9. The van der Waals surface area contributed by atoms with Crippen LogP contribution in [0.15, 0.2) is 48.5 Å². The van der Waals surface area contributed by atoms with E-state index in [2.05, 4.69) is 4.90 Å². The lowest BCUT2D eigenvalue weighted by Gasteiger charge is -2.46. The van der Waals surface area contributed by atoms with Crippen molar-refractivity contribution in [1.82, 2.24) is 14.7 Å². The van der Waals surface area contributed by atoms with Gasteiger partial charge in [-0.25, -0.2) is 0 Å². The van der Waals surface area contributed by atoms with Gasteiger partial charge in [0, 0.05) is 50.3 Å². The van der Waals surface area contributed by atoms with E-state index in [1.165, 1.54) is 38.8 Å². The third-order valence-corrected chi connectivity index (χ3v) is 9.05. The average Bonchev–Trinajstić information content (AvgIpc) is 3.27. The molecule has 0 radical (unpaired) electrons. The van der Waals surface area contributed by atoms with Crippen LogP contribution in [0.3, 0.4) is 0 Å². The van der Waals surface area contributed by atoms with Crippen LogP contribution in [0.4, 0.5) is 5.69 Å². The number of fused-ring (bicyclic) bond motifs is 6. The lowest BCUT2D eigenvalue weighted by Crippen LogP contribution is -2.52. The van der Waals surface area contributed by atoms with Crippen LogP contribution in [0.5, 0.6) is 0 Å². The zero-order valence-corrected chi connectivity index (χ0v) is 22.8. The van der Waals surface area contributed by atoms with E-state index in [0.717, 1.165) is 18.5 Å². The predicted molar refractivity (Wildman–Crippen MR) is 148 cm³/mol. The number of anilines is 1. The Morgan fingerprint density at radius 3 is 2.56 bits per heavy atom. The summed E-state index contributed by atoms with van der Waals surface area (Å²) in [6.07, 6.45) is 5.75. The number of rotatable bonds is 8. The van der Waals surface area contributed by atoms with Crippen molar-refractivity contribution in [2.75, 3.05) is 51.3 Å². The molecule has 0 N–H and O–H groups in total. The Labute approximate surface area is 230 Å². The van der Waals surface area contributed by atoms with Crippen LogP contribution in [0.1, 0.15) is 71.0 Å². The summed E-state index contributed by atoms with van der Waals surface area (Å²) in [6.45, 7) is 4.36. The number of hydrogen-bond acceptors (Lipinski definition) is 5. The number of carbonyl (C=O) groups excluding carboxylic acids is 3. The molecule has 8 heteroatoms. The van der Waals surface area contributed by atoms with Gasteiger partial charge in [-0.3, -0.25) is 19.3 Å². The normalized spacial score (nSPS) is 24.2. The van der Waals surface area contributed by atoms with Gasteiger partial charge in [-0.2, -0.15) is 0 Å². The minimum absolute atomic E-state index is 0.0378. The fourth-order valence-electron chi connectivity index (χ4n) is 7.17. The van der Waals surface area contributed by atoms with Gasteiger partial charge in [0.1, 0.15) is 6.17 Å². The van der Waals surface area contributed by atoms with Crippen LogP contribution in [-0.2, 0) is 9.53 Å². The molecule has 0 unspecified atom stereocenters. The highest BCUT2D eigenvalue weighted by Crippen LogP contribution is 2.45. The van der Waals surface area contributed by atoms with Crippen molar-refractivity contribution in [2.24, 2.45) is 5.92 Å². The molecule has 0 aromatic heterocycles. The molecule has 206 valence electrons. The Bertz CT molecular complexity index is 1250. The van der Waals surface area contributed by atoms with E-state index >= 15 is 0 Å². The van der Waals surface area contributed by atoms with Crippen molar-refractivity contribution in [2.45, 2.75) is 50.7 Å². The molecule has 4 heterocycles. The minimum Gasteiger partial charge on any atom is -0.383 e. The Kier molecular flexibility index (Phi) is 7.40. The lowest BCUT2D eigenvalue weighted by molar-refractivity contribution is -0.133. The van der Waals surface area contributed by atoms with Gasteiger partial charge in [-0.1, -0.05) is 36.8 Å². The molecule has 2 aromatic carbocycles. The standard InChI is InChI=1S/C31H38N4O4/c1-39-20-19-33(21-22-9-8-17-32-16-7-6-13-26(22)32)28(36)15-18-34-29-23-10-2-3-11-24(23)31(38)35(29)27-14-5-4-12-25(27)30(34)37/h2-5,10-12,14,22,26,29H,6-9,13,15-21H2,1H3/t22-,26+,29-/m0/s1. The Hall–Kier alpha value is -3.23. The second kappa shape index (κ2) is 11.1. The zero-order valence-electron chi connectivity index (χ0n) is 22.8. The molecular weight excluding hydrogens is 492 g/mol. The highest BCUT2D eigenvalue weighted by atomic mass is 16.5. The van der Waals surface area contributed by atoms with E-state index in [1.54, 1.807) is 23.0 Å². The molecule has 6 rings (SSSR count). The molecule has 2 aromatic rings. The van der Waals surface area contributed by atoms with E-state index in [0.29, 0.717) is 41.9 Å². The first-order valence-electron chi connectivity index (χ1n) is 14.4. The van der Waals surface area contributed by atoms with Crippen LogP contribution < -0.4 is 4.90 Å². The van der Waals surface area contributed by atoms with Gasteiger partial charge in [0.2, 0.25) is 5.91 Å². The maximum atomic E-state index is 13.7. The molecule has 0 saturated carbocycles. The van der Waals surface area contributed by atoms with E-state index in [1.807, 2.05) is 47.4 Å². The summed E-state index contributed by atoms with van der Waals surface area (Å²) in [5.74, 6) is 0.259. The summed E-state index contributed by atoms with van der Waals surface area (Å²) >= 11 is 0. The number of carbonyl (C=O) groups is 3. The summed E-state index contributed by atoms with van der Waals surface area (Å²) in [5.41, 5.74) is 2.55. The first-order valence-corrected chi connectivity index (χ1v) is 14.4. The van der Waals surface area contributed by atoms with Crippen LogP contribution in [0.25, 0.3) is 0 Å². The maximum absolute atomic E-state index is 13.7.